The van der Waals surface area contributed by atoms with Gasteiger partial charge in [-0.2, -0.15) is 5.10 Å². The van der Waals surface area contributed by atoms with Crippen LogP contribution in [0.15, 0.2) is 77.0 Å². The van der Waals surface area contributed by atoms with Gasteiger partial charge in [-0.25, -0.2) is 9.37 Å². The smallest absolute Gasteiger partial charge is 0.144 e. The molecule has 1 aliphatic rings. The van der Waals surface area contributed by atoms with Crippen LogP contribution in [0.1, 0.15) is 25.5 Å². The van der Waals surface area contributed by atoms with Crippen molar-refractivity contribution in [2.24, 2.45) is 10.9 Å². The van der Waals surface area contributed by atoms with Gasteiger partial charge in [-0.1, -0.05) is 36.9 Å². The molecule has 0 saturated carbocycles. The maximum Gasteiger partial charge on any atom is 0.144 e. The third kappa shape index (κ3) is 6.09. The molecular formula is C31H34FN5. The molecule has 190 valence electrons. The first kappa shape index (κ1) is 26.2. The van der Waals surface area contributed by atoms with Gasteiger partial charge in [0.15, 0.2) is 0 Å². The molecule has 1 aliphatic heterocycles. The minimum absolute atomic E-state index is 0.330. The lowest BCUT2D eigenvalue weighted by Crippen LogP contribution is -2.30. The summed E-state index contributed by atoms with van der Waals surface area (Å²) in [5.74, 6) is 0.103. The molecule has 1 atom stereocenters. The number of benzene rings is 1. The number of hydrogen-bond acceptors (Lipinski definition) is 4. The van der Waals surface area contributed by atoms with E-state index in [9.17, 15) is 4.39 Å². The zero-order chi connectivity index (χ0) is 26.4. The molecule has 0 spiro atoms. The Morgan fingerprint density at radius 2 is 2.05 bits per heavy atom. The monoisotopic (exact) mass is 495 g/mol. The Morgan fingerprint density at radius 3 is 2.76 bits per heavy atom. The van der Waals surface area contributed by atoms with E-state index in [2.05, 4.69) is 62.9 Å². The molecule has 0 radical (unpaired) electrons. The number of aromatic amines is 1. The average molecular weight is 496 g/mol. The lowest BCUT2D eigenvalue weighted by molar-refractivity contribution is 0.428. The van der Waals surface area contributed by atoms with Crippen molar-refractivity contribution in [2.75, 3.05) is 20.1 Å². The van der Waals surface area contributed by atoms with Crippen molar-refractivity contribution >= 4 is 18.9 Å². The molecule has 1 aromatic carbocycles. The van der Waals surface area contributed by atoms with Crippen LogP contribution < -0.4 is 15.8 Å². The number of H-pyrrole nitrogens is 1. The zero-order valence-electron chi connectivity index (χ0n) is 21.8. The second-order valence-electron chi connectivity index (χ2n) is 9.33. The predicted octanol–water partition coefficient (Wildman–Crippen LogP) is 4.91. The normalized spacial score (nSPS) is 17.5. The summed E-state index contributed by atoms with van der Waals surface area (Å²) in [6.45, 7) is 14.3. The average Bonchev–Trinajstić information content (AvgIpc) is 3.40. The summed E-state index contributed by atoms with van der Waals surface area (Å²) >= 11 is 0. The van der Waals surface area contributed by atoms with Crippen molar-refractivity contribution in [3.05, 3.63) is 93.9 Å². The Morgan fingerprint density at radius 1 is 1.22 bits per heavy atom. The molecular weight excluding hydrogens is 461 g/mol. The molecule has 2 N–H and O–H groups in total. The van der Waals surface area contributed by atoms with Crippen LogP contribution in [0.25, 0.3) is 35.2 Å². The van der Waals surface area contributed by atoms with Gasteiger partial charge >= 0.3 is 0 Å². The summed E-state index contributed by atoms with van der Waals surface area (Å²) in [4.78, 5) is 8.71. The molecule has 0 bridgehead atoms. The SMILES string of the molecule is C=C(/C=C(C=NC)/C(/C=c1/cc(-c2cn[nH]c2-c2ccc(F)c(C)n2)ccc1=C)=C/C)C1CCCNC1. The van der Waals surface area contributed by atoms with E-state index >= 15 is 0 Å². The van der Waals surface area contributed by atoms with Crippen molar-refractivity contribution in [1.82, 2.24) is 20.5 Å². The molecule has 1 saturated heterocycles. The Balaban J connectivity index is 1.73. The fraction of sp³-hybridized carbons (Fsp3) is 0.258. The van der Waals surface area contributed by atoms with E-state index in [-0.39, 0.29) is 5.82 Å². The van der Waals surface area contributed by atoms with E-state index in [0.717, 1.165) is 69.9 Å². The number of hydrogen-bond donors (Lipinski definition) is 2. The van der Waals surface area contributed by atoms with Crippen LogP contribution in [0.3, 0.4) is 0 Å². The predicted molar refractivity (Wildman–Crippen MR) is 152 cm³/mol. The highest BCUT2D eigenvalue weighted by atomic mass is 19.1. The van der Waals surface area contributed by atoms with Crippen LogP contribution in [0.4, 0.5) is 4.39 Å². The Bertz CT molecular complexity index is 1490. The van der Waals surface area contributed by atoms with Crippen molar-refractivity contribution in [3.63, 3.8) is 0 Å². The van der Waals surface area contributed by atoms with E-state index < -0.39 is 0 Å². The van der Waals surface area contributed by atoms with Gasteiger partial charge in [0.05, 0.1) is 23.3 Å². The molecule has 37 heavy (non-hydrogen) atoms. The van der Waals surface area contributed by atoms with E-state index in [1.807, 2.05) is 25.3 Å². The van der Waals surface area contributed by atoms with Gasteiger partial charge in [-0.3, -0.25) is 10.1 Å². The number of piperidine rings is 1. The second kappa shape index (κ2) is 11.9. The third-order valence-electron chi connectivity index (χ3n) is 6.76. The molecule has 0 aliphatic carbocycles. The first-order valence-electron chi connectivity index (χ1n) is 12.6. The summed E-state index contributed by atoms with van der Waals surface area (Å²) in [6.07, 6.45) is 12.3. The van der Waals surface area contributed by atoms with Gasteiger partial charge in [0.2, 0.25) is 0 Å². The number of pyridine rings is 1. The lowest BCUT2D eigenvalue weighted by atomic mass is 9.90. The van der Waals surface area contributed by atoms with Crippen molar-refractivity contribution in [2.45, 2.75) is 26.7 Å². The van der Waals surface area contributed by atoms with Crippen molar-refractivity contribution < 1.29 is 4.39 Å². The zero-order valence-corrected chi connectivity index (χ0v) is 21.8. The van der Waals surface area contributed by atoms with Crippen LogP contribution >= 0.6 is 0 Å². The molecule has 1 unspecified atom stereocenters. The van der Waals surface area contributed by atoms with Gasteiger partial charge in [-0.15, -0.1) is 0 Å². The number of nitrogens with one attached hydrogen (secondary N) is 2. The van der Waals surface area contributed by atoms with Crippen molar-refractivity contribution in [3.8, 4) is 22.5 Å². The fourth-order valence-corrected chi connectivity index (χ4v) is 4.60. The summed E-state index contributed by atoms with van der Waals surface area (Å²) in [7, 11) is 1.78. The van der Waals surface area contributed by atoms with Crippen LogP contribution in [0, 0.1) is 18.7 Å². The molecule has 1 fully saturated rings. The highest BCUT2D eigenvalue weighted by Gasteiger charge is 2.16. The van der Waals surface area contributed by atoms with Crippen molar-refractivity contribution in [1.29, 1.82) is 0 Å². The number of allylic oxidation sites excluding steroid dienone is 4. The van der Waals surface area contributed by atoms with Gasteiger partial charge in [0.25, 0.3) is 0 Å². The first-order valence-corrected chi connectivity index (χ1v) is 12.6. The minimum Gasteiger partial charge on any atom is -0.316 e. The quantitative estimate of drug-likeness (QED) is 0.362. The lowest BCUT2D eigenvalue weighted by Gasteiger charge is -2.23. The topological polar surface area (TPSA) is 66.0 Å². The highest BCUT2D eigenvalue weighted by Crippen LogP contribution is 2.28. The van der Waals surface area contributed by atoms with E-state index in [1.165, 1.54) is 6.07 Å². The molecule has 2 aromatic heterocycles. The van der Waals surface area contributed by atoms with Gasteiger partial charge in [0.1, 0.15) is 5.82 Å². The largest absolute Gasteiger partial charge is 0.316 e. The summed E-state index contributed by atoms with van der Waals surface area (Å²) < 4.78 is 13.8. The van der Waals surface area contributed by atoms with Crippen LogP contribution in [-0.2, 0) is 0 Å². The molecule has 6 heteroatoms. The molecule has 3 heterocycles. The number of rotatable bonds is 7. The first-order chi connectivity index (χ1) is 17.9. The van der Waals surface area contributed by atoms with Gasteiger partial charge < -0.3 is 5.32 Å². The Hall–Kier alpha value is -3.90. The maximum absolute atomic E-state index is 13.8. The van der Waals surface area contributed by atoms with Gasteiger partial charge in [-0.05, 0) is 96.6 Å². The second-order valence-corrected chi connectivity index (χ2v) is 9.33. The van der Waals surface area contributed by atoms with Crippen LogP contribution in [0.5, 0.6) is 0 Å². The van der Waals surface area contributed by atoms with E-state index in [1.54, 1.807) is 26.2 Å². The number of aryl methyl sites for hydroxylation is 1. The Labute approximate surface area is 218 Å². The summed E-state index contributed by atoms with van der Waals surface area (Å²) in [5.41, 5.74) is 6.76. The molecule has 3 aromatic rings. The minimum atomic E-state index is -0.330. The summed E-state index contributed by atoms with van der Waals surface area (Å²) in [6, 6.07) is 9.20. The van der Waals surface area contributed by atoms with E-state index in [0.29, 0.717) is 17.3 Å². The van der Waals surface area contributed by atoms with Gasteiger partial charge in [0, 0.05) is 25.4 Å². The molecule has 5 nitrogen and oxygen atoms in total. The number of aliphatic imine (C=N–C) groups is 1. The van der Waals surface area contributed by atoms with Crippen LogP contribution in [0.2, 0.25) is 0 Å². The maximum atomic E-state index is 13.8. The van der Waals surface area contributed by atoms with Crippen LogP contribution in [-0.4, -0.2) is 41.5 Å². The highest BCUT2D eigenvalue weighted by molar-refractivity contribution is 5.90. The fourth-order valence-electron chi connectivity index (χ4n) is 4.60. The standard InChI is InChI=1S/C31H34FN5/c1-6-23(27(17-33-5)14-21(3)25-8-7-13-34-18-25)15-26-16-24(10-9-20(26)2)28-19-35-37-31(28)30-12-11-29(32)22(4)36-30/h6,9-12,14-17,19,25,34H,2-3,7-8,13,18H2,1,4-5H3,(H,35,37)/b23-6+,26-15-,27-14+,33-17?. The molecule has 0 amide bonds. The molecule has 4 rings (SSSR count). The van der Waals surface area contributed by atoms with E-state index in [4.69, 9.17) is 0 Å². The number of aromatic nitrogens is 3. The summed E-state index contributed by atoms with van der Waals surface area (Å²) in [5, 5.41) is 12.6. The number of nitrogens with zero attached hydrogens (tertiary/aromatic N) is 3. The third-order valence-corrected chi connectivity index (χ3v) is 6.76. The number of halogens is 1. The Kier molecular flexibility index (Phi) is 8.41.